The molecule has 0 amide bonds. The van der Waals surface area contributed by atoms with Gasteiger partial charge in [-0.3, -0.25) is 0 Å². The molecule has 0 saturated heterocycles. The monoisotopic (exact) mass is 182 g/mol. The fourth-order valence-corrected chi connectivity index (χ4v) is 0.112. The molecule has 66 valence electrons. The largest absolute Gasteiger partial charge is 0.668 e. The third-order valence-electron chi connectivity index (χ3n) is 0.283. The minimum Gasteiger partial charge on any atom is -0.384 e. The Morgan fingerprint density at radius 3 is 1.09 bits per heavy atom. The first-order valence-electron chi connectivity index (χ1n) is 2.48. The molecule has 0 aliphatic rings. The van der Waals surface area contributed by atoms with E-state index in [1.807, 2.05) is 0 Å². The molecule has 0 radical (unpaired) electrons. The number of aliphatic hydroxyl groups excluding tert-OH is 2. The summed E-state index contributed by atoms with van der Waals surface area (Å²) < 4.78 is 0. The van der Waals surface area contributed by atoms with E-state index in [1.54, 1.807) is 0 Å². The Hall–Kier alpha value is -0.463. The molecule has 11 heavy (non-hydrogen) atoms. The molecule has 6 N–H and O–H groups in total. The highest BCUT2D eigenvalue weighted by Gasteiger charge is 2.22. The molecule has 6 nitrogen and oxygen atoms in total. The summed E-state index contributed by atoms with van der Waals surface area (Å²) in [5.74, 6) is 4.51. The third-order valence-corrected chi connectivity index (χ3v) is 0.283. The van der Waals surface area contributed by atoms with E-state index < -0.39 is 9.05 Å². The molecule has 0 saturated carbocycles. The van der Waals surface area contributed by atoms with Crippen molar-refractivity contribution in [3.8, 4) is 11.8 Å². The first kappa shape index (κ1) is 13.2. The molecule has 0 aliphatic carbocycles. The van der Waals surface area contributed by atoms with E-state index >= 15 is 0 Å². The number of aliphatic hydroxyl groups is 2. The fourth-order valence-electron chi connectivity index (χ4n) is 0.112. The lowest BCUT2D eigenvalue weighted by Gasteiger charge is -1.91. The highest BCUT2D eigenvalue weighted by molar-refractivity contribution is 6.46. The average molecular weight is 182 g/mol. The lowest BCUT2D eigenvalue weighted by molar-refractivity contribution is 0.117. The lowest BCUT2D eigenvalue weighted by Crippen LogP contribution is -2.33. The van der Waals surface area contributed by atoms with Gasteiger partial charge in [0.25, 0.3) is 0 Å². The number of hydrogen-bond donors (Lipinski definition) is 6. The zero-order valence-electron chi connectivity index (χ0n) is 5.60. The zero-order chi connectivity index (χ0) is 9.33. The van der Waals surface area contributed by atoms with Crippen molar-refractivity contribution in [2.75, 3.05) is 13.2 Å². The first-order valence-corrected chi connectivity index (χ1v) is 4.27. The van der Waals surface area contributed by atoms with Gasteiger partial charge in [-0.25, -0.2) is 0 Å². The molecule has 0 bridgehead atoms. The Labute approximate surface area is 64.5 Å². The minimum absolute atomic E-state index is 0.166. The Balaban J connectivity index is 0. The second-order valence-corrected chi connectivity index (χ2v) is 2.47. The topological polar surface area (TPSA) is 121 Å². The standard InChI is InChI=1S/C4H6O2.H4O4Si/c5-3-1-2-4-6;1-5(2,3)4/h5-6H,3-4H2;1-4H. The van der Waals surface area contributed by atoms with Gasteiger partial charge in [-0.05, 0) is 0 Å². The van der Waals surface area contributed by atoms with Crippen LogP contribution in [0.1, 0.15) is 0 Å². The van der Waals surface area contributed by atoms with E-state index in [4.69, 9.17) is 29.4 Å². The van der Waals surface area contributed by atoms with Gasteiger partial charge in [-0.15, -0.1) is 0 Å². The lowest BCUT2D eigenvalue weighted by atomic mass is 10.6. The van der Waals surface area contributed by atoms with E-state index in [1.165, 1.54) is 0 Å². The van der Waals surface area contributed by atoms with Crippen LogP contribution in [0, 0.1) is 11.8 Å². The van der Waals surface area contributed by atoms with Crippen LogP contribution in [0.15, 0.2) is 0 Å². The second kappa shape index (κ2) is 7.64. The number of rotatable bonds is 0. The number of hydrogen-bond acceptors (Lipinski definition) is 6. The van der Waals surface area contributed by atoms with Crippen molar-refractivity contribution >= 4 is 9.05 Å². The van der Waals surface area contributed by atoms with E-state index in [9.17, 15) is 0 Å². The van der Waals surface area contributed by atoms with Crippen molar-refractivity contribution in [3.63, 3.8) is 0 Å². The molecular formula is C4H10O6Si. The normalized spacial score (nSPS) is 8.91. The van der Waals surface area contributed by atoms with Crippen LogP contribution >= 0.6 is 0 Å². The SMILES string of the molecule is OCC#CCO.O[Si](O)(O)O. The van der Waals surface area contributed by atoms with Crippen LogP contribution in [-0.4, -0.2) is 51.7 Å². The zero-order valence-corrected chi connectivity index (χ0v) is 6.60. The van der Waals surface area contributed by atoms with Crippen LogP contribution in [0.3, 0.4) is 0 Å². The Bertz CT molecular complexity index is 116. The predicted octanol–water partition coefficient (Wildman–Crippen LogP) is -3.63. The third kappa shape index (κ3) is 84.2. The fraction of sp³-hybridized carbons (Fsp3) is 0.500. The summed E-state index contributed by atoms with van der Waals surface area (Å²) >= 11 is 0. The maximum Gasteiger partial charge on any atom is 0.668 e. The van der Waals surface area contributed by atoms with Gasteiger partial charge < -0.3 is 29.4 Å². The molecule has 0 aromatic carbocycles. The molecule has 0 heterocycles. The molecule has 0 unspecified atom stereocenters. The van der Waals surface area contributed by atoms with Crippen LogP contribution in [0.5, 0.6) is 0 Å². The van der Waals surface area contributed by atoms with Crippen LogP contribution in [0.4, 0.5) is 0 Å². The van der Waals surface area contributed by atoms with Gasteiger partial charge in [0, 0.05) is 0 Å². The Morgan fingerprint density at radius 2 is 1.00 bits per heavy atom. The van der Waals surface area contributed by atoms with Crippen LogP contribution in [0.25, 0.3) is 0 Å². The molecule has 0 fully saturated rings. The highest BCUT2D eigenvalue weighted by atomic mass is 28.4. The molecule has 0 aromatic heterocycles. The van der Waals surface area contributed by atoms with E-state index in [-0.39, 0.29) is 13.2 Å². The maximum absolute atomic E-state index is 7.91. The molecule has 0 spiro atoms. The molecule has 0 aromatic rings. The van der Waals surface area contributed by atoms with Crippen LogP contribution in [-0.2, 0) is 0 Å². The van der Waals surface area contributed by atoms with Crippen molar-refractivity contribution in [1.82, 2.24) is 0 Å². The van der Waals surface area contributed by atoms with Crippen LogP contribution < -0.4 is 0 Å². The maximum atomic E-state index is 7.91. The van der Waals surface area contributed by atoms with Gasteiger partial charge in [0.1, 0.15) is 13.2 Å². The molecular weight excluding hydrogens is 172 g/mol. The molecule has 0 atom stereocenters. The van der Waals surface area contributed by atoms with Crippen molar-refractivity contribution in [2.24, 2.45) is 0 Å². The van der Waals surface area contributed by atoms with E-state index in [2.05, 4.69) is 11.8 Å². The molecule has 0 rings (SSSR count). The van der Waals surface area contributed by atoms with Crippen molar-refractivity contribution in [3.05, 3.63) is 0 Å². The smallest absolute Gasteiger partial charge is 0.384 e. The highest BCUT2D eigenvalue weighted by Crippen LogP contribution is 1.67. The van der Waals surface area contributed by atoms with Crippen molar-refractivity contribution in [1.29, 1.82) is 0 Å². The van der Waals surface area contributed by atoms with Gasteiger partial charge in [-0.2, -0.15) is 0 Å². The van der Waals surface area contributed by atoms with Gasteiger partial charge in [0.05, 0.1) is 0 Å². The van der Waals surface area contributed by atoms with Gasteiger partial charge in [0.2, 0.25) is 0 Å². The van der Waals surface area contributed by atoms with Gasteiger partial charge in [0.15, 0.2) is 0 Å². The average Bonchev–Trinajstić information content (AvgIpc) is 1.79. The predicted molar refractivity (Wildman–Crippen MR) is 36.6 cm³/mol. The quantitative estimate of drug-likeness (QED) is 0.170. The summed E-state index contributed by atoms with van der Waals surface area (Å²) in [4.78, 5) is 29.3. The van der Waals surface area contributed by atoms with E-state index in [0.29, 0.717) is 0 Å². The summed E-state index contributed by atoms with van der Waals surface area (Å²) in [7, 11) is -4.61. The van der Waals surface area contributed by atoms with Crippen molar-refractivity contribution in [2.45, 2.75) is 0 Å². The van der Waals surface area contributed by atoms with Crippen molar-refractivity contribution < 1.29 is 29.4 Å². The summed E-state index contributed by atoms with van der Waals surface area (Å²) in [5.41, 5.74) is 0. The molecule has 0 aliphatic heterocycles. The summed E-state index contributed by atoms with van der Waals surface area (Å²) in [6, 6.07) is 0. The van der Waals surface area contributed by atoms with Gasteiger partial charge >= 0.3 is 9.05 Å². The Kier molecular flexibility index (Phi) is 9.14. The summed E-state index contributed by atoms with van der Waals surface area (Å²) in [6.07, 6.45) is 0. The summed E-state index contributed by atoms with van der Waals surface area (Å²) in [6.45, 7) is -0.332. The first-order chi connectivity index (χ1) is 4.91. The second-order valence-electron chi connectivity index (χ2n) is 1.27. The van der Waals surface area contributed by atoms with Gasteiger partial charge in [-0.1, -0.05) is 11.8 Å². The summed E-state index contributed by atoms with van der Waals surface area (Å²) in [5, 5.41) is 15.8. The minimum atomic E-state index is -4.61. The van der Waals surface area contributed by atoms with Crippen LogP contribution in [0.2, 0.25) is 0 Å². The Morgan fingerprint density at radius 1 is 0.818 bits per heavy atom. The molecule has 7 heteroatoms. The van der Waals surface area contributed by atoms with E-state index in [0.717, 1.165) is 0 Å².